The van der Waals surface area contributed by atoms with Crippen LogP contribution >= 0.6 is 0 Å². The number of methoxy groups -OCH3 is 2. The number of ether oxygens (including phenoxy) is 3. The number of para-hydroxylation sites is 1. The van der Waals surface area contributed by atoms with Crippen LogP contribution in [0.5, 0.6) is 11.5 Å². The van der Waals surface area contributed by atoms with Crippen molar-refractivity contribution in [3.63, 3.8) is 0 Å². The zero-order chi connectivity index (χ0) is 22.4. The van der Waals surface area contributed by atoms with E-state index in [9.17, 15) is 14.4 Å². The van der Waals surface area contributed by atoms with E-state index in [-0.39, 0.29) is 18.7 Å². The molecule has 0 bridgehead atoms. The molecule has 0 aliphatic carbocycles. The van der Waals surface area contributed by atoms with Crippen LogP contribution in [-0.4, -0.2) is 56.7 Å². The van der Waals surface area contributed by atoms with Crippen molar-refractivity contribution in [1.29, 1.82) is 0 Å². The lowest BCUT2D eigenvalue weighted by atomic mass is 10.0. The number of barbiturate groups is 1. The van der Waals surface area contributed by atoms with Gasteiger partial charge in [-0.15, -0.1) is 0 Å². The quantitative estimate of drug-likeness (QED) is 0.478. The minimum absolute atomic E-state index is 0.0225. The number of carbonyl (C=O) groups is 3. The fraction of sp³-hybridized carbons (Fsp3) is 0.261. The molecule has 1 aliphatic heterocycles. The van der Waals surface area contributed by atoms with Gasteiger partial charge in [0.25, 0.3) is 11.8 Å². The van der Waals surface area contributed by atoms with E-state index >= 15 is 0 Å². The number of imide groups is 2. The Bertz CT molecular complexity index is 1000. The van der Waals surface area contributed by atoms with E-state index in [1.807, 2.05) is 6.92 Å². The summed E-state index contributed by atoms with van der Waals surface area (Å²) in [4.78, 5) is 41.2. The van der Waals surface area contributed by atoms with Crippen molar-refractivity contribution in [1.82, 2.24) is 4.90 Å². The Morgan fingerprint density at radius 3 is 2.32 bits per heavy atom. The topological polar surface area (TPSA) is 85.4 Å². The van der Waals surface area contributed by atoms with Gasteiger partial charge >= 0.3 is 6.03 Å². The molecule has 8 heteroatoms. The Labute approximate surface area is 180 Å². The monoisotopic (exact) mass is 424 g/mol. The maximum absolute atomic E-state index is 13.2. The molecule has 1 aliphatic rings. The largest absolute Gasteiger partial charge is 0.493 e. The third kappa shape index (κ3) is 4.59. The maximum atomic E-state index is 13.2. The van der Waals surface area contributed by atoms with Crippen molar-refractivity contribution >= 4 is 29.6 Å². The third-order valence-electron chi connectivity index (χ3n) is 4.66. The van der Waals surface area contributed by atoms with Crippen molar-refractivity contribution in [2.24, 2.45) is 0 Å². The maximum Gasteiger partial charge on any atom is 0.338 e. The number of carbonyl (C=O) groups excluding carboxylic acids is 3. The van der Waals surface area contributed by atoms with Gasteiger partial charge in [0.1, 0.15) is 5.57 Å². The highest BCUT2D eigenvalue weighted by Gasteiger charge is 2.42. The van der Waals surface area contributed by atoms with Gasteiger partial charge in [0.05, 0.1) is 32.6 Å². The summed E-state index contributed by atoms with van der Waals surface area (Å²) >= 11 is 0. The first-order valence-electron chi connectivity index (χ1n) is 9.78. The number of hydrogen-bond acceptors (Lipinski definition) is 6. The van der Waals surface area contributed by atoms with E-state index in [0.717, 1.165) is 9.80 Å². The number of amides is 4. The molecule has 2 aromatic rings. The van der Waals surface area contributed by atoms with Gasteiger partial charge < -0.3 is 14.2 Å². The van der Waals surface area contributed by atoms with E-state index in [4.69, 9.17) is 14.2 Å². The van der Waals surface area contributed by atoms with Crippen LogP contribution in [0.2, 0.25) is 0 Å². The van der Waals surface area contributed by atoms with Crippen molar-refractivity contribution in [2.75, 3.05) is 38.9 Å². The molecule has 0 saturated carbocycles. The average molecular weight is 424 g/mol. The normalized spacial score (nSPS) is 15.6. The molecule has 4 amide bonds. The molecule has 0 atom stereocenters. The summed E-state index contributed by atoms with van der Waals surface area (Å²) in [6.07, 6.45) is 1.45. The second-order valence-corrected chi connectivity index (χ2v) is 6.61. The summed E-state index contributed by atoms with van der Waals surface area (Å²) < 4.78 is 15.9. The molecule has 0 radical (unpaired) electrons. The summed E-state index contributed by atoms with van der Waals surface area (Å²) in [7, 11) is 2.98. The highest BCUT2D eigenvalue weighted by molar-refractivity contribution is 6.39. The Hall–Kier alpha value is -3.65. The van der Waals surface area contributed by atoms with Crippen LogP contribution in [-0.2, 0) is 14.3 Å². The zero-order valence-electron chi connectivity index (χ0n) is 17.7. The number of rotatable bonds is 8. The van der Waals surface area contributed by atoms with Crippen molar-refractivity contribution in [3.8, 4) is 11.5 Å². The minimum Gasteiger partial charge on any atom is -0.493 e. The number of nitrogens with zero attached hydrogens (tertiary/aromatic N) is 2. The fourth-order valence-corrected chi connectivity index (χ4v) is 3.18. The number of hydrogen-bond donors (Lipinski definition) is 0. The van der Waals surface area contributed by atoms with Crippen LogP contribution in [0.25, 0.3) is 6.08 Å². The standard InChI is InChI=1S/C23H24N2O6/c1-4-31-19-11-10-16(15-20(19)30-3)14-18-21(26)24(12-13-29-2)23(28)25(22(18)27)17-8-6-5-7-9-17/h5-11,14-15H,4,12-13H2,1-3H3/b18-14+. The molecule has 0 spiro atoms. The average Bonchev–Trinajstić information content (AvgIpc) is 2.78. The van der Waals surface area contributed by atoms with E-state index in [1.54, 1.807) is 48.5 Å². The van der Waals surface area contributed by atoms with Crippen LogP contribution in [0.3, 0.4) is 0 Å². The Morgan fingerprint density at radius 1 is 0.935 bits per heavy atom. The number of urea groups is 1. The number of benzene rings is 2. The summed E-state index contributed by atoms with van der Waals surface area (Å²) in [5.74, 6) is -0.342. The third-order valence-corrected chi connectivity index (χ3v) is 4.66. The number of anilines is 1. The Balaban J connectivity index is 2.05. The highest BCUT2D eigenvalue weighted by atomic mass is 16.5. The predicted molar refractivity (Wildman–Crippen MR) is 115 cm³/mol. The van der Waals surface area contributed by atoms with Crippen molar-refractivity contribution < 1.29 is 28.6 Å². The van der Waals surface area contributed by atoms with Crippen molar-refractivity contribution in [3.05, 3.63) is 59.7 Å². The first-order chi connectivity index (χ1) is 15.0. The van der Waals surface area contributed by atoms with Gasteiger partial charge in [-0.2, -0.15) is 0 Å². The van der Waals surface area contributed by atoms with Crippen LogP contribution in [0.1, 0.15) is 12.5 Å². The molecule has 1 saturated heterocycles. The summed E-state index contributed by atoms with van der Waals surface area (Å²) in [5, 5.41) is 0. The van der Waals surface area contributed by atoms with E-state index in [1.165, 1.54) is 20.3 Å². The van der Waals surface area contributed by atoms with Crippen LogP contribution in [0, 0.1) is 0 Å². The molecule has 8 nitrogen and oxygen atoms in total. The summed E-state index contributed by atoms with van der Waals surface area (Å²) in [6.45, 7) is 2.50. The SMILES string of the molecule is CCOc1ccc(/C=C2\C(=O)N(CCOC)C(=O)N(c3ccccc3)C2=O)cc1OC. The lowest BCUT2D eigenvalue weighted by Crippen LogP contribution is -2.57. The second kappa shape index (κ2) is 9.90. The van der Waals surface area contributed by atoms with Gasteiger partial charge in [0.15, 0.2) is 11.5 Å². The second-order valence-electron chi connectivity index (χ2n) is 6.61. The summed E-state index contributed by atoms with van der Waals surface area (Å²) in [6, 6.07) is 12.9. The Morgan fingerprint density at radius 2 is 1.68 bits per heavy atom. The molecule has 2 aromatic carbocycles. The van der Waals surface area contributed by atoms with Crippen LogP contribution in [0.4, 0.5) is 10.5 Å². The molecule has 0 unspecified atom stereocenters. The van der Waals surface area contributed by atoms with Gasteiger partial charge in [-0.05, 0) is 42.8 Å². The minimum atomic E-state index is -0.709. The van der Waals surface area contributed by atoms with Gasteiger partial charge in [-0.25, -0.2) is 9.69 Å². The molecule has 31 heavy (non-hydrogen) atoms. The lowest BCUT2D eigenvalue weighted by molar-refractivity contribution is -0.129. The van der Waals surface area contributed by atoms with Gasteiger partial charge in [0, 0.05) is 7.11 Å². The van der Waals surface area contributed by atoms with E-state index in [0.29, 0.717) is 29.4 Å². The molecule has 1 fully saturated rings. The lowest BCUT2D eigenvalue weighted by Gasteiger charge is -2.33. The van der Waals surface area contributed by atoms with E-state index in [2.05, 4.69) is 0 Å². The molecule has 162 valence electrons. The first kappa shape index (κ1) is 22.0. The molecular weight excluding hydrogens is 400 g/mol. The first-order valence-corrected chi connectivity index (χ1v) is 9.78. The molecule has 1 heterocycles. The van der Waals surface area contributed by atoms with Gasteiger partial charge in [-0.3, -0.25) is 14.5 Å². The predicted octanol–water partition coefficient (Wildman–Crippen LogP) is 3.12. The molecule has 0 N–H and O–H groups in total. The highest BCUT2D eigenvalue weighted by Crippen LogP contribution is 2.30. The van der Waals surface area contributed by atoms with E-state index < -0.39 is 17.8 Å². The zero-order valence-corrected chi connectivity index (χ0v) is 17.7. The van der Waals surface area contributed by atoms with Crippen LogP contribution in [0.15, 0.2) is 54.1 Å². The smallest absolute Gasteiger partial charge is 0.338 e. The molecule has 0 aromatic heterocycles. The fourth-order valence-electron chi connectivity index (χ4n) is 3.18. The van der Waals surface area contributed by atoms with Crippen LogP contribution < -0.4 is 14.4 Å². The summed E-state index contributed by atoms with van der Waals surface area (Å²) in [5.41, 5.74) is 0.805. The molecule has 3 rings (SSSR count). The van der Waals surface area contributed by atoms with Gasteiger partial charge in [-0.1, -0.05) is 24.3 Å². The van der Waals surface area contributed by atoms with Crippen molar-refractivity contribution in [2.45, 2.75) is 6.92 Å². The molecular formula is C23H24N2O6. The Kier molecular flexibility index (Phi) is 7.04. The van der Waals surface area contributed by atoms with Gasteiger partial charge in [0.2, 0.25) is 0 Å².